The second kappa shape index (κ2) is 7.21. The molecule has 2 aromatic heterocycles. The summed E-state index contributed by atoms with van der Waals surface area (Å²) in [4.78, 5) is 22.9. The minimum absolute atomic E-state index is 0.129. The summed E-state index contributed by atoms with van der Waals surface area (Å²) in [6.45, 7) is 5.62. The second-order valence-corrected chi connectivity index (χ2v) is 9.26. The van der Waals surface area contributed by atoms with Crippen LogP contribution in [0.15, 0.2) is 29.1 Å². The van der Waals surface area contributed by atoms with E-state index in [1.54, 1.807) is 11.3 Å². The van der Waals surface area contributed by atoms with Gasteiger partial charge in [-0.15, -0.1) is 11.3 Å². The van der Waals surface area contributed by atoms with Crippen molar-refractivity contribution >= 4 is 21.6 Å². The Balaban J connectivity index is 1.87. The highest BCUT2D eigenvalue weighted by Gasteiger charge is 2.24. The molecule has 1 atom stereocenters. The summed E-state index contributed by atoms with van der Waals surface area (Å²) in [5.74, 6) is 1.55. The zero-order chi connectivity index (χ0) is 19.1. The molecule has 0 aliphatic heterocycles. The zero-order valence-electron chi connectivity index (χ0n) is 16.6. The van der Waals surface area contributed by atoms with Crippen LogP contribution in [0, 0.1) is 12.8 Å². The lowest BCUT2D eigenvalue weighted by Crippen LogP contribution is -2.29. The first-order chi connectivity index (χ1) is 12.9. The van der Waals surface area contributed by atoms with Gasteiger partial charge in [0.15, 0.2) is 0 Å². The maximum absolute atomic E-state index is 13.5. The molecule has 142 valence electrons. The topological polar surface area (TPSA) is 38.1 Å². The number of thiophene rings is 1. The predicted molar refractivity (Wildman–Crippen MR) is 113 cm³/mol. The lowest BCUT2D eigenvalue weighted by molar-refractivity contribution is 0.379. The monoisotopic (exact) mass is 381 g/mol. The molecule has 0 bridgehead atoms. The van der Waals surface area contributed by atoms with Gasteiger partial charge in [0, 0.05) is 4.88 Å². The van der Waals surface area contributed by atoms with Gasteiger partial charge in [-0.25, -0.2) is 4.98 Å². The number of fused-ring (bicyclic) bond motifs is 3. The molecule has 0 saturated carbocycles. The molecule has 4 nitrogen and oxygen atoms in total. The quantitative estimate of drug-likeness (QED) is 0.686. The molecule has 0 N–H and O–H groups in total. The molecule has 0 radical (unpaired) electrons. The Morgan fingerprint density at radius 1 is 1.26 bits per heavy atom. The van der Waals surface area contributed by atoms with Crippen LogP contribution in [-0.2, 0) is 25.9 Å². The molecular weight excluding hydrogens is 354 g/mol. The van der Waals surface area contributed by atoms with E-state index >= 15 is 0 Å². The first kappa shape index (κ1) is 18.4. The Kier molecular flexibility index (Phi) is 4.91. The van der Waals surface area contributed by atoms with Gasteiger partial charge in [0.05, 0.1) is 18.5 Å². The van der Waals surface area contributed by atoms with Gasteiger partial charge < -0.3 is 4.90 Å². The van der Waals surface area contributed by atoms with Gasteiger partial charge in [0.1, 0.15) is 10.7 Å². The first-order valence-electron chi connectivity index (χ1n) is 9.66. The van der Waals surface area contributed by atoms with E-state index in [4.69, 9.17) is 4.98 Å². The summed E-state index contributed by atoms with van der Waals surface area (Å²) in [7, 11) is 4.04. The maximum Gasteiger partial charge on any atom is 0.262 e. The van der Waals surface area contributed by atoms with Gasteiger partial charge in [-0.3, -0.25) is 9.36 Å². The Morgan fingerprint density at radius 3 is 2.70 bits per heavy atom. The molecule has 0 spiro atoms. The number of aryl methyl sites for hydroxylation is 2. The van der Waals surface area contributed by atoms with E-state index in [2.05, 4.69) is 43.0 Å². The fourth-order valence-corrected chi connectivity index (χ4v) is 5.30. The third-order valence-corrected chi connectivity index (χ3v) is 6.56. The van der Waals surface area contributed by atoms with E-state index < -0.39 is 0 Å². The number of nitrogens with zero attached hydrogens (tertiary/aromatic N) is 3. The van der Waals surface area contributed by atoms with Crippen molar-refractivity contribution in [1.29, 1.82) is 0 Å². The van der Waals surface area contributed by atoms with Gasteiger partial charge in [0.2, 0.25) is 0 Å². The van der Waals surface area contributed by atoms with Crippen molar-refractivity contribution in [1.82, 2.24) is 14.5 Å². The summed E-state index contributed by atoms with van der Waals surface area (Å²) in [5.41, 5.74) is 3.76. The molecule has 4 rings (SSSR count). The van der Waals surface area contributed by atoms with E-state index in [9.17, 15) is 4.79 Å². The van der Waals surface area contributed by atoms with Crippen LogP contribution >= 0.6 is 11.3 Å². The molecule has 3 aromatic rings. The van der Waals surface area contributed by atoms with Crippen LogP contribution in [0.25, 0.3) is 10.2 Å². The molecule has 0 fully saturated rings. The average Bonchev–Trinajstić information content (AvgIpc) is 2.96. The zero-order valence-corrected chi connectivity index (χ0v) is 17.4. The van der Waals surface area contributed by atoms with E-state index in [0.717, 1.165) is 40.9 Å². The predicted octanol–water partition coefficient (Wildman–Crippen LogP) is 4.00. The lowest BCUT2D eigenvalue weighted by atomic mass is 9.89. The molecular formula is C22H27N3OS. The normalized spacial score (nSPS) is 16.9. The molecule has 1 aliphatic carbocycles. The third kappa shape index (κ3) is 3.58. The second-order valence-electron chi connectivity index (χ2n) is 8.17. The number of aromatic nitrogens is 2. The molecule has 0 amide bonds. The fourth-order valence-electron chi connectivity index (χ4n) is 3.91. The number of rotatable bonds is 4. The minimum atomic E-state index is 0.129. The van der Waals surface area contributed by atoms with Crippen LogP contribution in [-0.4, -0.2) is 28.5 Å². The van der Waals surface area contributed by atoms with Crippen molar-refractivity contribution in [2.45, 2.75) is 46.2 Å². The highest BCUT2D eigenvalue weighted by molar-refractivity contribution is 7.18. The van der Waals surface area contributed by atoms with E-state index in [0.29, 0.717) is 19.0 Å². The fraction of sp³-hybridized carbons (Fsp3) is 0.455. The van der Waals surface area contributed by atoms with Crippen molar-refractivity contribution in [3.05, 3.63) is 62.0 Å². The highest BCUT2D eigenvalue weighted by Crippen LogP contribution is 2.35. The van der Waals surface area contributed by atoms with Crippen molar-refractivity contribution in [3.63, 3.8) is 0 Å². The smallest absolute Gasteiger partial charge is 0.262 e. The van der Waals surface area contributed by atoms with E-state index in [-0.39, 0.29) is 5.56 Å². The molecule has 1 aromatic carbocycles. The van der Waals surface area contributed by atoms with Crippen molar-refractivity contribution in [2.24, 2.45) is 5.92 Å². The van der Waals surface area contributed by atoms with Crippen molar-refractivity contribution in [3.8, 4) is 0 Å². The largest absolute Gasteiger partial charge is 0.302 e. The van der Waals surface area contributed by atoms with Gasteiger partial charge >= 0.3 is 0 Å². The van der Waals surface area contributed by atoms with Crippen LogP contribution in [0.5, 0.6) is 0 Å². The summed E-state index contributed by atoms with van der Waals surface area (Å²) in [6.07, 6.45) is 3.25. The number of benzene rings is 1. The molecule has 27 heavy (non-hydrogen) atoms. The number of hydrogen-bond acceptors (Lipinski definition) is 4. The summed E-state index contributed by atoms with van der Waals surface area (Å²) < 4.78 is 1.89. The summed E-state index contributed by atoms with van der Waals surface area (Å²) in [6, 6.07) is 8.42. The molecule has 1 aliphatic rings. The SMILES string of the molecule is Cc1ccc(Cn2c(CN(C)C)nc3sc4c(c3c2=O)CCC(C)C4)cc1. The Bertz CT molecular complexity index is 1030. The van der Waals surface area contributed by atoms with Gasteiger partial charge in [0.25, 0.3) is 5.56 Å². The van der Waals surface area contributed by atoms with Crippen molar-refractivity contribution in [2.75, 3.05) is 14.1 Å². The highest BCUT2D eigenvalue weighted by atomic mass is 32.1. The van der Waals surface area contributed by atoms with Crippen LogP contribution in [0.2, 0.25) is 0 Å². The maximum atomic E-state index is 13.5. The Hall–Kier alpha value is -1.98. The minimum Gasteiger partial charge on any atom is -0.302 e. The van der Waals surface area contributed by atoms with Gasteiger partial charge in [-0.2, -0.15) is 0 Å². The third-order valence-electron chi connectivity index (χ3n) is 5.41. The first-order valence-corrected chi connectivity index (χ1v) is 10.5. The van der Waals surface area contributed by atoms with Crippen LogP contribution in [0.4, 0.5) is 0 Å². The summed E-state index contributed by atoms with van der Waals surface area (Å²) >= 11 is 1.73. The Labute approximate surface area is 164 Å². The summed E-state index contributed by atoms with van der Waals surface area (Å²) in [5, 5.41) is 0.872. The average molecular weight is 382 g/mol. The standard InChI is InChI=1S/C22H27N3OS/c1-14-5-8-16(9-6-14)12-25-19(13-24(3)4)23-21-20(22(25)26)17-10-7-15(2)11-18(17)27-21/h5-6,8-9,15H,7,10-13H2,1-4H3. The van der Waals surface area contributed by atoms with Gasteiger partial charge in [-0.1, -0.05) is 36.8 Å². The Morgan fingerprint density at radius 2 is 2.00 bits per heavy atom. The number of hydrogen-bond donors (Lipinski definition) is 0. The van der Waals surface area contributed by atoms with Crippen molar-refractivity contribution < 1.29 is 0 Å². The lowest BCUT2D eigenvalue weighted by Gasteiger charge is -2.18. The van der Waals surface area contributed by atoms with Crippen LogP contribution < -0.4 is 5.56 Å². The van der Waals surface area contributed by atoms with Crippen LogP contribution in [0.3, 0.4) is 0 Å². The van der Waals surface area contributed by atoms with E-state index in [1.165, 1.54) is 16.0 Å². The van der Waals surface area contributed by atoms with E-state index in [1.807, 2.05) is 18.7 Å². The van der Waals surface area contributed by atoms with Gasteiger partial charge in [-0.05, 0) is 57.3 Å². The molecule has 2 heterocycles. The molecule has 1 unspecified atom stereocenters. The molecule has 0 saturated heterocycles. The van der Waals surface area contributed by atoms with Crippen LogP contribution in [0.1, 0.15) is 40.7 Å². The molecule has 5 heteroatoms.